The molecule has 0 aliphatic carbocycles. The van der Waals surface area contributed by atoms with Crippen molar-refractivity contribution in [2.75, 3.05) is 12.8 Å². The zero-order valence-corrected chi connectivity index (χ0v) is 19.0. The van der Waals surface area contributed by atoms with Gasteiger partial charge in [-0.1, -0.05) is 30.2 Å². The first-order chi connectivity index (χ1) is 19.4. The van der Waals surface area contributed by atoms with Crippen molar-refractivity contribution in [3.05, 3.63) is 94.1 Å². The maximum absolute atomic E-state index is 13.4. The molecule has 0 saturated heterocycles. The molecule has 0 saturated carbocycles. The molecular weight excluding hydrogens is 465 g/mol. The fraction of sp³-hybridized carbons (Fsp3) is 0.120. The lowest BCUT2D eigenvalue weighted by molar-refractivity contribution is 0.0594. The largest absolute Gasteiger partial charge is 0.464 e. The summed E-state index contributed by atoms with van der Waals surface area (Å²) in [5.74, 6) is -1.71. The maximum atomic E-state index is 13.4. The van der Waals surface area contributed by atoms with Gasteiger partial charge in [-0.2, -0.15) is 0 Å². The molecule has 10 nitrogen and oxygen atoms in total. The number of methoxy groups -OCH3 is 1. The Bertz CT molecular complexity index is 1910. The third kappa shape index (κ3) is 4.06. The van der Waals surface area contributed by atoms with Crippen molar-refractivity contribution >= 4 is 17.6 Å². The van der Waals surface area contributed by atoms with Crippen LogP contribution in [0.1, 0.15) is 28.7 Å². The molecule has 0 fully saturated rings. The lowest BCUT2D eigenvalue weighted by Gasteiger charge is -2.13. The molecule has 0 amide bonds. The molecule has 0 bridgehead atoms. The van der Waals surface area contributed by atoms with Crippen molar-refractivity contribution in [3.8, 4) is 22.4 Å². The summed E-state index contributed by atoms with van der Waals surface area (Å²) in [7, 11) is 1.18. The molecule has 11 heteroatoms. The highest BCUT2D eigenvalue weighted by atomic mass is 19.1. The van der Waals surface area contributed by atoms with Crippen LogP contribution in [0, 0.1) is 12.7 Å². The van der Waals surface area contributed by atoms with Crippen LogP contribution < -0.4 is 11.4 Å². The molecule has 180 valence electrons. The molecule has 4 heterocycles. The van der Waals surface area contributed by atoms with Crippen LogP contribution >= 0.6 is 0 Å². The highest BCUT2D eigenvalue weighted by molar-refractivity contribution is 5.94. The molecular formula is C25H20FN7O3. The minimum atomic E-state index is -0.760. The van der Waals surface area contributed by atoms with E-state index >= 15 is 0 Å². The Hall–Kier alpha value is -4.93. The summed E-state index contributed by atoms with van der Waals surface area (Å²) in [6.07, 6.45) is 0.988. The molecule has 5 aromatic rings. The quantitative estimate of drug-likeness (QED) is 0.372. The van der Waals surface area contributed by atoms with Crippen LogP contribution in [0.3, 0.4) is 0 Å². The van der Waals surface area contributed by atoms with Gasteiger partial charge in [0.25, 0.3) is 0 Å². The number of ether oxygens (including phenoxy) is 1. The van der Waals surface area contributed by atoms with E-state index in [0.29, 0.717) is 11.4 Å². The second-order valence-electron chi connectivity index (χ2n) is 7.63. The summed E-state index contributed by atoms with van der Waals surface area (Å²) in [6, 6.07) is 2.47. The van der Waals surface area contributed by atoms with E-state index in [4.69, 9.17) is 17.3 Å². The van der Waals surface area contributed by atoms with Crippen LogP contribution in [-0.2, 0) is 11.3 Å². The predicted octanol–water partition coefficient (Wildman–Crippen LogP) is 2.88. The number of anilines is 1. The Balaban J connectivity index is 1.91. The smallest absolute Gasteiger partial charge is 0.356 e. The van der Waals surface area contributed by atoms with Gasteiger partial charge in [0.1, 0.15) is 11.5 Å². The van der Waals surface area contributed by atoms with Crippen molar-refractivity contribution in [3.63, 3.8) is 0 Å². The van der Waals surface area contributed by atoms with Crippen LogP contribution in [0.5, 0.6) is 0 Å². The number of fused-ring (bicyclic) bond motifs is 1. The van der Waals surface area contributed by atoms with E-state index in [-0.39, 0.29) is 46.2 Å². The number of carbonyl (C=O) groups excluding carboxylic acids is 1. The Morgan fingerprint density at radius 1 is 1.17 bits per heavy atom. The van der Waals surface area contributed by atoms with Crippen molar-refractivity contribution in [2.45, 2.75) is 13.5 Å². The molecule has 0 aliphatic rings. The fourth-order valence-electron chi connectivity index (χ4n) is 3.70. The molecule has 0 aliphatic heterocycles. The van der Waals surface area contributed by atoms with Gasteiger partial charge in [-0.25, -0.2) is 33.0 Å². The number of hydrogen-bond donors (Lipinski definition) is 1. The summed E-state index contributed by atoms with van der Waals surface area (Å²) >= 11 is 0. The van der Waals surface area contributed by atoms with Crippen LogP contribution in [0.4, 0.5) is 10.3 Å². The van der Waals surface area contributed by atoms with Gasteiger partial charge in [0.15, 0.2) is 5.65 Å². The van der Waals surface area contributed by atoms with E-state index in [1.807, 2.05) is 0 Å². The monoisotopic (exact) mass is 490 g/mol. The Morgan fingerprint density at radius 3 is 2.64 bits per heavy atom. The average molecular weight is 491 g/mol. The SMILES string of the molecule is [2H]c1c([2H])c([2H])c(-c2nc(N)n3c(=O)n(Cc4ccc(F)cn4)nc3c2-c2cc(C)nc(C(=O)OC)c2)c([2H])c1[2H]. The molecule has 0 atom stereocenters. The van der Waals surface area contributed by atoms with Gasteiger partial charge in [0.2, 0.25) is 5.95 Å². The zero-order chi connectivity index (χ0) is 29.7. The van der Waals surface area contributed by atoms with E-state index in [0.717, 1.165) is 15.3 Å². The van der Waals surface area contributed by atoms with Crippen molar-refractivity contribution < 1.29 is 20.8 Å². The molecule has 0 radical (unpaired) electrons. The van der Waals surface area contributed by atoms with E-state index in [9.17, 15) is 14.0 Å². The van der Waals surface area contributed by atoms with Crippen LogP contribution in [-0.4, -0.2) is 42.2 Å². The lowest BCUT2D eigenvalue weighted by atomic mass is 9.99. The van der Waals surface area contributed by atoms with E-state index in [2.05, 4.69) is 20.1 Å². The normalized spacial score (nSPS) is 13.0. The van der Waals surface area contributed by atoms with Crippen LogP contribution in [0.15, 0.2) is 65.5 Å². The van der Waals surface area contributed by atoms with E-state index in [1.165, 1.54) is 25.3 Å². The number of aryl methyl sites for hydroxylation is 1. The highest BCUT2D eigenvalue weighted by Gasteiger charge is 2.23. The summed E-state index contributed by atoms with van der Waals surface area (Å²) in [4.78, 5) is 38.3. The fourth-order valence-corrected chi connectivity index (χ4v) is 3.70. The van der Waals surface area contributed by atoms with Crippen LogP contribution in [0.25, 0.3) is 28.0 Å². The summed E-state index contributed by atoms with van der Waals surface area (Å²) in [5.41, 5.74) is 5.75. The van der Waals surface area contributed by atoms with Gasteiger partial charge in [0, 0.05) is 11.3 Å². The molecule has 1 aromatic carbocycles. The zero-order valence-electron chi connectivity index (χ0n) is 24.0. The van der Waals surface area contributed by atoms with Crippen molar-refractivity contribution in [1.82, 2.24) is 29.1 Å². The Kier molecular flexibility index (Phi) is 4.39. The third-order valence-corrected chi connectivity index (χ3v) is 5.23. The van der Waals surface area contributed by atoms with E-state index in [1.54, 1.807) is 13.0 Å². The number of pyridine rings is 2. The molecule has 5 rings (SSSR count). The molecule has 0 unspecified atom stereocenters. The number of nitrogens with two attached hydrogens (primary N) is 1. The number of nitrogen functional groups attached to an aromatic ring is 1. The first kappa shape index (κ1) is 17.5. The van der Waals surface area contributed by atoms with Crippen molar-refractivity contribution in [2.24, 2.45) is 0 Å². The van der Waals surface area contributed by atoms with Gasteiger partial charge in [-0.3, -0.25) is 4.98 Å². The number of benzene rings is 1. The molecule has 36 heavy (non-hydrogen) atoms. The van der Waals surface area contributed by atoms with Crippen LogP contribution in [0.2, 0.25) is 0 Å². The van der Waals surface area contributed by atoms with Gasteiger partial charge >= 0.3 is 11.7 Å². The third-order valence-electron chi connectivity index (χ3n) is 5.23. The van der Waals surface area contributed by atoms with Crippen molar-refractivity contribution in [1.29, 1.82) is 0 Å². The average Bonchev–Trinajstić information content (AvgIpc) is 3.27. The second-order valence-corrected chi connectivity index (χ2v) is 7.63. The van der Waals surface area contributed by atoms with Gasteiger partial charge < -0.3 is 10.5 Å². The molecule has 0 spiro atoms. The lowest BCUT2D eigenvalue weighted by Crippen LogP contribution is -2.24. The minimum Gasteiger partial charge on any atom is -0.464 e. The molecule has 4 aromatic heterocycles. The highest BCUT2D eigenvalue weighted by Crippen LogP contribution is 2.35. The number of hydrogen-bond acceptors (Lipinski definition) is 8. The number of carbonyl (C=O) groups is 1. The second kappa shape index (κ2) is 9.02. The number of rotatable bonds is 5. The number of halogens is 1. The first-order valence-electron chi connectivity index (χ1n) is 13.0. The predicted molar refractivity (Wildman–Crippen MR) is 130 cm³/mol. The summed E-state index contributed by atoms with van der Waals surface area (Å²) < 4.78 is 61.5. The number of aromatic nitrogens is 6. The summed E-state index contributed by atoms with van der Waals surface area (Å²) in [5, 5.41) is 4.42. The van der Waals surface area contributed by atoms with Gasteiger partial charge in [-0.05, 0) is 36.8 Å². The molecule has 2 N–H and O–H groups in total. The number of nitrogens with zero attached hydrogens (tertiary/aromatic N) is 6. The Morgan fingerprint density at radius 2 is 1.94 bits per heavy atom. The van der Waals surface area contributed by atoms with E-state index < -0.39 is 47.7 Å². The maximum Gasteiger partial charge on any atom is 0.356 e. The Labute approximate surface area is 210 Å². The van der Waals surface area contributed by atoms with Gasteiger partial charge in [-0.15, -0.1) is 5.10 Å². The first-order valence-corrected chi connectivity index (χ1v) is 10.5. The standard InChI is InChI=1S/C25H20FN7O3/c1-14-10-16(11-19(29-14)23(34)36-2)20-21(15-6-4-3-5-7-15)30-24(27)33-22(20)31-32(25(33)35)13-18-9-8-17(26)12-28-18/h3-12H,13H2,1-2H3,(H2,27,30)/i3D,4D,5D,6D,7D. The number of esters is 1. The van der Waals surface area contributed by atoms with Gasteiger partial charge in [0.05, 0.1) is 43.7 Å². The topological polar surface area (TPSA) is 130 Å². The minimum absolute atomic E-state index is 0.0382. The summed E-state index contributed by atoms with van der Waals surface area (Å²) in [6.45, 7) is 1.43.